The van der Waals surface area contributed by atoms with Gasteiger partial charge in [-0.2, -0.15) is 0 Å². The standard InChI is InChI=1S/C17H14Cl2N2O3S/c18-11-1-6-14(19)15(9-11)25-10-16(22)20-12-2-4-13(5-3-12)21-7-8-24-17(21)23/h1-6,9H,7-8,10H2,(H,20,22). The van der Waals surface area contributed by atoms with E-state index in [0.29, 0.717) is 28.9 Å². The van der Waals surface area contributed by atoms with Gasteiger partial charge in [0.2, 0.25) is 5.91 Å². The van der Waals surface area contributed by atoms with Gasteiger partial charge in [-0.1, -0.05) is 23.2 Å². The van der Waals surface area contributed by atoms with E-state index in [9.17, 15) is 9.59 Å². The average molecular weight is 397 g/mol. The number of carbonyl (C=O) groups excluding carboxylic acids is 2. The zero-order chi connectivity index (χ0) is 17.8. The molecule has 0 atom stereocenters. The molecule has 2 aromatic rings. The van der Waals surface area contributed by atoms with Crippen LogP contribution in [0.2, 0.25) is 10.0 Å². The summed E-state index contributed by atoms with van der Waals surface area (Å²) in [4.78, 5) is 25.9. The third kappa shape index (κ3) is 4.60. The fraction of sp³-hybridized carbons (Fsp3) is 0.176. The molecule has 0 unspecified atom stereocenters. The van der Waals surface area contributed by atoms with Crippen LogP contribution in [0.4, 0.5) is 16.2 Å². The molecule has 25 heavy (non-hydrogen) atoms. The molecule has 1 saturated heterocycles. The molecule has 8 heteroatoms. The Balaban J connectivity index is 1.56. The Bertz CT molecular complexity index is 799. The average Bonchev–Trinajstić information content (AvgIpc) is 3.02. The van der Waals surface area contributed by atoms with Gasteiger partial charge in [0.25, 0.3) is 0 Å². The molecule has 0 saturated carbocycles. The smallest absolute Gasteiger partial charge is 0.414 e. The summed E-state index contributed by atoms with van der Waals surface area (Å²) in [6.07, 6.45) is -0.355. The van der Waals surface area contributed by atoms with E-state index >= 15 is 0 Å². The Hall–Kier alpha value is -1.89. The molecule has 3 rings (SSSR count). The van der Waals surface area contributed by atoms with Crippen LogP contribution in [-0.4, -0.2) is 30.9 Å². The van der Waals surface area contributed by atoms with E-state index < -0.39 is 0 Å². The number of ether oxygens (including phenoxy) is 1. The van der Waals surface area contributed by atoms with Crippen LogP contribution in [0.1, 0.15) is 0 Å². The fourth-order valence-corrected chi connectivity index (χ4v) is 3.57. The van der Waals surface area contributed by atoms with E-state index in [1.165, 1.54) is 11.8 Å². The lowest BCUT2D eigenvalue weighted by Crippen LogP contribution is -2.23. The maximum atomic E-state index is 12.1. The summed E-state index contributed by atoms with van der Waals surface area (Å²) < 4.78 is 4.90. The molecule has 0 bridgehead atoms. The number of hydrogen-bond donors (Lipinski definition) is 1. The van der Waals surface area contributed by atoms with Crippen molar-refractivity contribution in [1.82, 2.24) is 0 Å². The second-order valence-electron chi connectivity index (χ2n) is 5.22. The maximum Gasteiger partial charge on any atom is 0.414 e. The van der Waals surface area contributed by atoms with Crippen molar-refractivity contribution in [2.75, 3.05) is 29.1 Å². The van der Waals surface area contributed by atoms with Crippen LogP contribution in [0.3, 0.4) is 0 Å². The number of thioether (sulfide) groups is 1. The summed E-state index contributed by atoms with van der Waals surface area (Å²) in [5, 5.41) is 3.94. The number of nitrogens with zero attached hydrogens (tertiary/aromatic N) is 1. The molecule has 1 aliphatic heterocycles. The number of hydrogen-bond acceptors (Lipinski definition) is 4. The van der Waals surface area contributed by atoms with Crippen LogP contribution in [0, 0.1) is 0 Å². The highest BCUT2D eigenvalue weighted by atomic mass is 35.5. The molecule has 0 aliphatic carbocycles. The minimum atomic E-state index is -0.355. The summed E-state index contributed by atoms with van der Waals surface area (Å²) in [5.41, 5.74) is 1.39. The minimum Gasteiger partial charge on any atom is -0.447 e. The second kappa shape index (κ2) is 7.99. The highest BCUT2D eigenvalue weighted by Gasteiger charge is 2.23. The molecule has 1 N–H and O–H groups in total. The zero-order valence-corrected chi connectivity index (χ0v) is 15.3. The third-order valence-corrected chi connectivity index (χ3v) is 5.21. The monoisotopic (exact) mass is 396 g/mol. The lowest BCUT2D eigenvalue weighted by atomic mass is 10.2. The topological polar surface area (TPSA) is 58.6 Å². The largest absolute Gasteiger partial charge is 0.447 e. The summed E-state index contributed by atoms with van der Waals surface area (Å²) in [6.45, 7) is 0.919. The molecular weight excluding hydrogens is 383 g/mol. The minimum absolute atomic E-state index is 0.158. The highest BCUT2D eigenvalue weighted by Crippen LogP contribution is 2.30. The third-order valence-electron chi connectivity index (χ3n) is 3.48. The number of halogens is 2. The van der Waals surface area contributed by atoms with Gasteiger partial charge in [-0.05, 0) is 42.5 Å². The molecule has 130 valence electrons. The van der Waals surface area contributed by atoms with Crippen molar-refractivity contribution in [3.05, 3.63) is 52.5 Å². The van der Waals surface area contributed by atoms with Gasteiger partial charge in [-0.25, -0.2) is 4.79 Å². The van der Waals surface area contributed by atoms with Crippen molar-refractivity contribution in [3.8, 4) is 0 Å². The molecule has 0 aromatic heterocycles. The molecule has 5 nitrogen and oxygen atoms in total. The van der Waals surface area contributed by atoms with Crippen molar-refractivity contribution in [3.63, 3.8) is 0 Å². The molecule has 1 fully saturated rings. The van der Waals surface area contributed by atoms with Crippen molar-refractivity contribution in [2.24, 2.45) is 0 Å². The van der Waals surface area contributed by atoms with Gasteiger partial charge >= 0.3 is 6.09 Å². The molecular formula is C17H14Cl2N2O3S. The highest BCUT2D eigenvalue weighted by molar-refractivity contribution is 8.00. The van der Waals surface area contributed by atoms with E-state index in [2.05, 4.69) is 5.32 Å². The van der Waals surface area contributed by atoms with Gasteiger partial charge in [0, 0.05) is 21.3 Å². The van der Waals surface area contributed by atoms with Crippen LogP contribution in [-0.2, 0) is 9.53 Å². The number of nitrogens with one attached hydrogen (secondary N) is 1. The lowest BCUT2D eigenvalue weighted by Gasteiger charge is -2.13. The van der Waals surface area contributed by atoms with Crippen LogP contribution in [0.15, 0.2) is 47.4 Å². The van der Waals surface area contributed by atoms with E-state index in [4.69, 9.17) is 27.9 Å². The summed E-state index contributed by atoms with van der Waals surface area (Å²) in [6, 6.07) is 12.2. The van der Waals surface area contributed by atoms with Crippen molar-refractivity contribution in [1.29, 1.82) is 0 Å². The first-order chi connectivity index (χ1) is 12.0. The van der Waals surface area contributed by atoms with Gasteiger partial charge in [-0.3, -0.25) is 9.69 Å². The molecule has 1 aliphatic rings. The van der Waals surface area contributed by atoms with E-state index in [0.717, 1.165) is 10.6 Å². The Morgan fingerprint density at radius 1 is 1.20 bits per heavy atom. The summed E-state index contributed by atoms with van der Waals surface area (Å²) in [5.74, 6) is 0.0506. The quantitative estimate of drug-likeness (QED) is 0.745. The Morgan fingerprint density at radius 3 is 2.64 bits per heavy atom. The number of rotatable bonds is 5. The summed E-state index contributed by atoms with van der Waals surface area (Å²) >= 11 is 13.3. The fourth-order valence-electron chi connectivity index (χ4n) is 2.28. The van der Waals surface area contributed by atoms with E-state index in [1.807, 2.05) is 0 Å². The zero-order valence-electron chi connectivity index (χ0n) is 13.0. The van der Waals surface area contributed by atoms with E-state index in [-0.39, 0.29) is 17.8 Å². The number of anilines is 2. The maximum absolute atomic E-state index is 12.1. The van der Waals surface area contributed by atoms with E-state index in [1.54, 1.807) is 47.4 Å². The summed E-state index contributed by atoms with van der Waals surface area (Å²) in [7, 11) is 0. The predicted molar refractivity (Wildman–Crippen MR) is 101 cm³/mol. The van der Waals surface area contributed by atoms with Gasteiger partial charge in [0.05, 0.1) is 17.3 Å². The predicted octanol–water partition coefficient (Wildman–Crippen LogP) is 4.68. The van der Waals surface area contributed by atoms with Crippen molar-refractivity contribution >= 4 is 58.3 Å². The Labute approximate surface area is 159 Å². The molecule has 0 radical (unpaired) electrons. The molecule has 1 heterocycles. The first kappa shape index (κ1) is 17.9. The van der Waals surface area contributed by atoms with Crippen LogP contribution in [0.25, 0.3) is 0 Å². The molecule has 0 spiro atoms. The van der Waals surface area contributed by atoms with Crippen molar-refractivity contribution in [2.45, 2.75) is 4.90 Å². The second-order valence-corrected chi connectivity index (χ2v) is 7.09. The number of amides is 2. The van der Waals surface area contributed by atoms with Gasteiger partial charge < -0.3 is 10.1 Å². The van der Waals surface area contributed by atoms with Crippen molar-refractivity contribution < 1.29 is 14.3 Å². The Kier molecular flexibility index (Phi) is 5.73. The normalized spacial score (nSPS) is 13.7. The molecule has 2 amide bonds. The first-order valence-corrected chi connectivity index (χ1v) is 9.19. The van der Waals surface area contributed by atoms with Crippen LogP contribution < -0.4 is 10.2 Å². The number of carbonyl (C=O) groups is 2. The number of benzene rings is 2. The van der Waals surface area contributed by atoms with Gasteiger partial charge in [-0.15, -0.1) is 11.8 Å². The van der Waals surface area contributed by atoms with Crippen LogP contribution in [0.5, 0.6) is 0 Å². The Morgan fingerprint density at radius 2 is 1.96 bits per heavy atom. The molecule has 2 aromatic carbocycles. The van der Waals surface area contributed by atoms with Gasteiger partial charge in [0.15, 0.2) is 0 Å². The van der Waals surface area contributed by atoms with Crippen LogP contribution >= 0.6 is 35.0 Å². The SMILES string of the molecule is O=C(CSc1cc(Cl)ccc1Cl)Nc1ccc(N2CCOC2=O)cc1. The lowest BCUT2D eigenvalue weighted by molar-refractivity contribution is -0.113. The number of cyclic esters (lactones) is 1. The first-order valence-electron chi connectivity index (χ1n) is 7.45. The van der Waals surface area contributed by atoms with Gasteiger partial charge in [0.1, 0.15) is 6.61 Å².